The highest BCUT2D eigenvalue weighted by atomic mass is 32.2. The van der Waals surface area contributed by atoms with Crippen LogP contribution in [0.15, 0.2) is 30.3 Å². The number of ether oxygens (including phenoxy) is 2. The fourth-order valence-corrected chi connectivity index (χ4v) is 5.41. The lowest BCUT2D eigenvalue weighted by Gasteiger charge is -2.36. The summed E-state index contributed by atoms with van der Waals surface area (Å²) in [5.41, 5.74) is 1.73. The van der Waals surface area contributed by atoms with E-state index >= 15 is 0 Å². The zero-order valence-electron chi connectivity index (χ0n) is 17.8. The van der Waals surface area contributed by atoms with E-state index in [1.807, 2.05) is 38.1 Å². The molecule has 0 radical (unpaired) electrons. The van der Waals surface area contributed by atoms with Crippen molar-refractivity contribution in [3.05, 3.63) is 41.6 Å². The van der Waals surface area contributed by atoms with Crippen molar-refractivity contribution in [3.63, 3.8) is 0 Å². The number of carbonyl (C=O) groups is 1. The number of fused-ring (bicyclic) bond motifs is 1. The standard InChI is InChI=1S/C21H28N4O5S/c1-15(2)22-21(26)17-13-19(23-18-6-4-3-5-16(17)18)20-14-25(9-12-30-20)31(27,28)24-7-10-29-11-8-24/h3-6,13,15,20H,7-12,14H2,1-2H3,(H,22,26). The van der Waals surface area contributed by atoms with Gasteiger partial charge in [0.15, 0.2) is 0 Å². The Kier molecular flexibility index (Phi) is 6.54. The molecule has 1 aromatic carbocycles. The fourth-order valence-electron chi connectivity index (χ4n) is 3.84. The molecule has 2 aliphatic rings. The van der Waals surface area contributed by atoms with E-state index in [0.717, 1.165) is 5.39 Å². The summed E-state index contributed by atoms with van der Waals surface area (Å²) in [5.74, 6) is -0.191. The van der Waals surface area contributed by atoms with Gasteiger partial charge in [0.1, 0.15) is 6.10 Å². The molecule has 0 spiro atoms. The average molecular weight is 449 g/mol. The van der Waals surface area contributed by atoms with Crippen molar-refractivity contribution in [2.45, 2.75) is 26.0 Å². The molecule has 1 atom stereocenters. The van der Waals surface area contributed by atoms with E-state index in [2.05, 4.69) is 5.32 Å². The lowest BCUT2D eigenvalue weighted by molar-refractivity contribution is -0.00830. The van der Waals surface area contributed by atoms with Gasteiger partial charge in [0, 0.05) is 37.6 Å². The monoisotopic (exact) mass is 448 g/mol. The Bertz CT molecular complexity index is 1050. The van der Waals surface area contributed by atoms with Gasteiger partial charge in [0.25, 0.3) is 16.1 Å². The van der Waals surface area contributed by atoms with E-state index in [0.29, 0.717) is 43.1 Å². The first kappa shape index (κ1) is 22.1. The third-order valence-corrected chi connectivity index (χ3v) is 7.38. The van der Waals surface area contributed by atoms with Crippen molar-refractivity contribution >= 4 is 27.0 Å². The number of aromatic nitrogens is 1. The molecule has 4 rings (SSSR count). The van der Waals surface area contributed by atoms with Crippen LogP contribution in [-0.4, -0.2) is 80.0 Å². The summed E-state index contributed by atoms with van der Waals surface area (Å²) < 4.78 is 40.2. The molecule has 0 bridgehead atoms. The number of benzene rings is 1. The summed E-state index contributed by atoms with van der Waals surface area (Å²) in [6.45, 7) is 5.98. The van der Waals surface area contributed by atoms with Gasteiger partial charge in [-0.1, -0.05) is 18.2 Å². The molecule has 1 N–H and O–H groups in total. The molecular formula is C21H28N4O5S. The minimum atomic E-state index is -3.61. The van der Waals surface area contributed by atoms with Gasteiger partial charge in [0.05, 0.1) is 36.6 Å². The van der Waals surface area contributed by atoms with Gasteiger partial charge in [-0.2, -0.15) is 17.0 Å². The number of rotatable bonds is 5. The van der Waals surface area contributed by atoms with Crippen LogP contribution in [0.25, 0.3) is 10.9 Å². The predicted molar refractivity (Wildman–Crippen MR) is 116 cm³/mol. The summed E-state index contributed by atoms with van der Waals surface area (Å²) in [6, 6.07) is 9.14. The molecule has 3 heterocycles. The highest BCUT2D eigenvalue weighted by molar-refractivity contribution is 7.86. The second kappa shape index (κ2) is 9.17. The topological polar surface area (TPSA) is 101 Å². The number of nitrogens with zero attached hydrogens (tertiary/aromatic N) is 3. The smallest absolute Gasteiger partial charge is 0.282 e. The zero-order valence-corrected chi connectivity index (χ0v) is 18.6. The SMILES string of the molecule is CC(C)NC(=O)c1cc(C2CN(S(=O)(=O)N3CCOCC3)CCO2)nc2ccccc12. The molecule has 168 valence electrons. The van der Waals surface area contributed by atoms with Gasteiger partial charge < -0.3 is 14.8 Å². The number of amides is 1. The summed E-state index contributed by atoms with van der Waals surface area (Å²) in [4.78, 5) is 17.5. The average Bonchev–Trinajstić information content (AvgIpc) is 2.78. The minimum absolute atomic E-state index is 0.0111. The molecule has 0 saturated carbocycles. The summed E-state index contributed by atoms with van der Waals surface area (Å²) in [6.07, 6.45) is -0.556. The fraction of sp³-hybridized carbons (Fsp3) is 0.524. The van der Waals surface area contributed by atoms with Crippen LogP contribution in [-0.2, 0) is 19.7 Å². The lowest BCUT2D eigenvalue weighted by Crippen LogP contribution is -2.52. The number of hydrogen-bond acceptors (Lipinski definition) is 6. The molecule has 2 saturated heterocycles. The first-order chi connectivity index (χ1) is 14.9. The van der Waals surface area contributed by atoms with Crippen molar-refractivity contribution in [1.82, 2.24) is 18.9 Å². The maximum absolute atomic E-state index is 13.1. The lowest BCUT2D eigenvalue weighted by atomic mass is 10.0. The quantitative estimate of drug-likeness (QED) is 0.741. The van der Waals surface area contributed by atoms with Crippen molar-refractivity contribution in [3.8, 4) is 0 Å². The zero-order chi connectivity index (χ0) is 22.0. The molecule has 2 aliphatic heterocycles. The summed E-state index contributed by atoms with van der Waals surface area (Å²) in [5, 5.41) is 3.67. The van der Waals surface area contributed by atoms with Crippen LogP contribution in [0.1, 0.15) is 36.0 Å². The maximum Gasteiger partial charge on any atom is 0.282 e. The molecule has 1 aromatic heterocycles. The van der Waals surface area contributed by atoms with E-state index in [4.69, 9.17) is 14.5 Å². The molecule has 0 aliphatic carbocycles. The predicted octanol–water partition coefficient (Wildman–Crippen LogP) is 1.32. The Labute approximate surface area is 182 Å². The number of morpholine rings is 2. The largest absolute Gasteiger partial charge is 0.379 e. The Morgan fingerprint density at radius 2 is 1.84 bits per heavy atom. The number of hydrogen-bond donors (Lipinski definition) is 1. The van der Waals surface area contributed by atoms with Crippen LogP contribution in [0.3, 0.4) is 0 Å². The maximum atomic E-state index is 13.1. The van der Waals surface area contributed by atoms with Crippen LogP contribution in [0, 0.1) is 0 Å². The van der Waals surface area contributed by atoms with Crippen LogP contribution in [0.4, 0.5) is 0 Å². The first-order valence-corrected chi connectivity index (χ1v) is 11.9. The molecule has 10 heteroatoms. The number of para-hydroxylation sites is 1. The van der Waals surface area contributed by atoms with Gasteiger partial charge >= 0.3 is 0 Å². The molecular weight excluding hydrogens is 420 g/mol. The Morgan fingerprint density at radius 1 is 1.13 bits per heavy atom. The Morgan fingerprint density at radius 3 is 2.58 bits per heavy atom. The number of nitrogens with one attached hydrogen (secondary N) is 1. The van der Waals surface area contributed by atoms with Crippen molar-refractivity contribution in [2.24, 2.45) is 0 Å². The second-order valence-electron chi connectivity index (χ2n) is 7.98. The van der Waals surface area contributed by atoms with Gasteiger partial charge in [0.2, 0.25) is 0 Å². The Hall–Kier alpha value is -2.11. The van der Waals surface area contributed by atoms with Crippen molar-refractivity contribution in [2.75, 3.05) is 46.0 Å². The van der Waals surface area contributed by atoms with Gasteiger partial charge in [-0.15, -0.1) is 0 Å². The van der Waals surface area contributed by atoms with Gasteiger partial charge in [-0.05, 0) is 26.0 Å². The van der Waals surface area contributed by atoms with E-state index in [1.54, 1.807) is 6.07 Å². The normalized spacial score (nSPS) is 21.5. The second-order valence-corrected chi connectivity index (χ2v) is 9.91. The summed E-state index contributed by atoms with van der Waals surface area (Å²) >= 11 is 0. The third kappa shape index (κ3) is 4.73. The summed E-state index contributed by atoms with van der Waals surface area (Å²) in [7, 11) is -3.61. The highest BCUT2D eigenvalue weighted by Gasteiger charge is 2.36. The van der Waals surface area contributed by atoms with Crippen LogP contribution < -0.4 is 5.32 Å². The Balaban J connectivity index is 1.64. The van der Waals surface area contributed by atoms with E-state index < -0.39 is 16.3 Å². The number of pyridine rings is 1. The van der Waals surface area contributed by atoms with E-state index in [9.17, 15) is 13.2 Å². The van der Waals surface area contributed by atoms with Crippen LogP contribution >= 0.6 is 0 Å². The molecule has 1 unspecified atom stereocenters. The number of carbonyl (C=O) groups excluding carboxylic acids is 1. The van der Waals surface area contributed by atoms with Gasteiger partial charge in [-0.3, -0.25) is 4.79 Å². The van der Waals surface area contributed by atoms with Crippen molar-refractivity contribution < 1.29 is 22.7 Å². The first-order valence-electron chi connectivity index (χ1n) is 10.5. The van der Waals surface area contributed by atoms with Crippen LogP contribution in [0.5, 0.6) is 0 Å². The molecule has 2 fully saturated rings. The molecule has 2 aromatic rings. The van der Waals surface area contributed by atoms with Crippen LogP contribution in [0.2, 0.25) is 0 Å². The molecule has 31 heavy (non-hydrogen) atoms. The molecule has 1 amide bonds. The van der Waals surface area contributed by atoms with E-state index in [-0.39, 0.29) is 31.6 Å². The highest BCUT2D eigenvalue weighted by Crippen LogP contribution is 2.28. The third-order valence-electron chi connectivity index (χ3n) is 5.38. The molecule has 9 nitrogen and oxygen atoms in total. The minimum Gasteiger partial charge on any atom is -0.379 e. The van der Waals surface area contributed by atoms with Crippen molar-refractivity contribution in [1.29, 1.82) is 0 Å². The van der Waals surface area contributed by atoms with Gasteiger partial charge in [-0.25, -0.2) is 4.98 Å². The van der Waals surface area contributed by atoms with E-state index in [1.165, 1.54) is 8.61 Å².